The van der Waals surface area contributed by atoms with Gasteiger partial charge in [-0.2, -0.15) is 0 Å². The zero-order chi connectivity index (χ0) is 11.9. The molecule has 0 atom stereocenters. The fourth-order valence-electron chi connectivity index (χ4n) is 1.92. The van der Waals surface area contributed by atoms with E-state index in [0.717, 1.165) is 12.8 Å². The molecule has 0 spiro atoms. The first-order valence-corrected chi connectivity index (χ1v) is 6.07. The molecule has 15 heavy (non-hydrogen) atoms. The molecule has 0 bridgehead atoms. The highest BCUT2D eigenvalue weighted by molar-refractivity contribution is 4.75. The highest BCUT2D eigenvalue weighted by Crippen LogP contribution is 2.29. The molecule has 0 aliphatic heterocycles. The van der Waals surface area contributed by atoms with Crippen molar-refractivity contribution < 1.29 is 9.78 Å². The Kier molecular flexibility index (Phi) is 6.46. The number of unbranched alkanes of at least 4 members (excludes halogenated alkanes) is 2. The molecule has 92 valence electrons. The summed E-state index contributed by atoms with van der Waals surface area (Å²) in [5.41, 5.74) is 0.0841. The highest BCUT2D eigenvalue weighted by atomic mass is 17.2. The minimum atomic E-state index is -0.190. The highest BCUT2D eigenvalue weighted by Gasteiger charge is 2.27. The number of hydrogen-bond donors (Lipinski definition) is 0. The van der Waals surface area contributed by atoms with Crippen molar-refractivity contribution in [1.29, 1.82) is 0 Å². The molecule has 0 aromatic carbocycles. The summed E-state index contributed by atoms with van der Waals surface area (Å²) in [5, 5.41) is 0. The van der Waals surface area contributed by atoms with Crippen molar-refractivity contribution in [1.82, 2.24) is 0 Å². The Morgan fingerprint density at radius 3 is 2.00 bits per heavy atom. The van der Waals surface area contributed by atoms with Crippen LogP contribution in [-0.4, -0.2) is 12.2 Å². The normalized spacial score (nSPS) is 13.2. The van der Waals surface area contributed by atoms with E-state index in [9.17, 15) is 0 Å². The van der Waals surface area contributed by atoms with Crippen LogP contribution in [0.1, 0.15) is 67.2 Å². The van der Waals surface area contributed by atoms with Gasteiger partial charge in [-0.3, -0.25) is 0 Å². The topological polar surface area (TPSA) is 18.5 Å². The Morgan fingerprint density at radius 2 is 1.53 bits per heavy atom. The Labute approximate surface area is 95.3 Å². The fourth-order valence-corrected chi connectivity index (χ4v) is 1.92. The number of hydrogen-bond acceptors (Lipinski definition) is 2. The van der Waals surface area contributed by atoms with Gasteiger partial charge in [0.15, 0.2) is 0 Å². The summed E-state index contributed by atoms with van der Waals surface area (Å²) in [4.78, 5) is 10.7. The van der Waals surface area contributed by atoms with Crippen LogP contribution in [0.5, 0.6) is 0 Å². The van der Waals surface area contributed by atoms with Gasteiger partial charge in [0.25, 0.3) is 0 Å². The van der Waals surface area contributed by atoms with E-state index >= 15 is 0 Å². The third-order valence-electron chi connectivity index (χ3n) is 2.07. The van der Waals surface area contributed by atoms with E-state index in [1.54, 1.807) is 0 Å². The van der Waals surface area contributed by atoms with Gasteiger partial charge in [-0.25, -0.2) is 9.78 Å². The van der Waals surface area contributed by atoms with E-state index < -0.39 is 0 Å². The molecule has 0 aromatic heterocycles. The van der Waals surface area contributed by atoms with Gasteiger partial charge in [-0.05, 0) is 32.1 Å². The summed E-state index contributed by atoms with van der Waals surface area (Å²) in [6.45, 7) is 13.7. The quantitative estimate of drug-likeness (QED) is 0.358. The van der Waals surface area contributed by atoms with E-state index in [2.05, 4.69) is 41.5 Å². The lowest BCUT2D eigenvalue weighted by molar-refractivity contribution is -0.358. The van der Waals surface area contributed by atoms with E-state index in [1.165, 1.54) is 12.8 Å². The molecule has 0 radical (unpaired) electrons. The molecule has 0 aromatic rings. The minimum Gasteiger partial charge on any atom is -0.236 e. The van der Waals surface area contributed by atoms with Crippen LogP contribution >= 0.6 is 0 Å². The minimum absolute atomic E-state index is 0.190. The largest absolute Gasteiger partial charge is 0.236 e. The van der Waals surface area contributed by atoms with Gasteiger partial charge >= 0.3 is 0 Å². The number of rotatable bonds is 7. The van der Waals surface area contributed by atoms with Gasteiger partial charge < -0.3 is 0 Å². The lowest BCUT2D eigenvalue weighted by Crippen LogP contribution is -2.30. The lowest BCUT2D eigenvalue weighted by atomic mass is 9.84. The summed E-state index contributed by atoms with van der Waals surface area (Å²) >= 11 is 0. The summed E-state index contributed by atoms with van der Waals surface area (Å²) in [7, 11) is 0. The third kappa shape index (κ3) is 10.2. The molecule has 0 unspecified atom stereocenters. The zero-order valence-electron chi connectivity index (χ0n) is 11.4. The van der Waals surface area contributed by atoms with Gasteiger partial charge in [0.2, 0.25) is 0 Å². The Morgan fingerprint density at radius 1 is 0.933 bits per heavy atom. The second kappa shape index (κ2) is 6.49. The molecule has 2 heteroatoms. The predicted octanol–water partition coefficient (Wildman–Crippen LogP) is 4.34. The molecule has 0 rings (SSSR count). The summed E-state index contributed by atoms with van der Waals surface area (Å²) in [6.07, 6.45) is 4.51. The molecule has 2 nitrogen and oxygen atoms in total. The lowest BCUT2D eigenvalue weighted by Gasteiger charge is -2.30. The van der Waals surface area contributed by atoms with Gasteiger partial charge in [0.05, 0.1) is 12.2 Å². The molecule has 0 heterocycles. The first-order valence-electron chi connectivity index (χ1n) is 6.07. The van der Waals surface area contributed by atoms with Crippen LogP contribution in [0.25, 0.3) is 0 Å². The van der Waals surface area contributed by atoms with Gasteiger partial charge in [0, 0.05) is 0 Å². The summed E-state index contributed by atoms with van der Waals surface area (Å²) in [5.74, 6) is 0. The molecule has 0 amide bonds. The molecule has 0 saturated carbocycles. The first kappa shape index (κ1) is 14.9. The van der Waals surface area contributed by atoms with E-state index in [1.807, 2.05) is 0 Å². The average molecular weight is 216 g/mol. The van der Waals surface area contributed by atoms with E-state index in [4.69, 9.17) is 9.78 Å². The van der Waals surface area contributed by atoms with Crippen molar-refractivity contribution in [3.05, 3.63) is 0 Å². The fraction of sp³-hybridized carbons (Fsp3) is 1.00. The monoisotopic (exact) mass is 216 g/mol. The SMILES string of the molecule is CCCCCOOC(C)(C)CC(C)(C)C. The second-order valence-electron chi connectivity index (χ2n) is 6.11. The van der Waals surface area contributed by atoms with Crippen LogP contribution in [0, 0.1) is 5.41 Å². The van der Waals surface area contributed by atoms with Crippen molar-refractivity contribution in [3.63, 3.8) is 0 Å². The van der Waals surface area contributed by atoms with Crippen LogP contribution in [0.15, 0.2) is 0 Å². The molecule has 0 N–H and O–H groups in total. The third-order valence-corrected chi connectivity index (χ3v) is 2.07. The Hall–Kier alpha value is -0.0800. The zero-order valence-corrected chi connectivity index (χ0v) is 11.4. The Bertz CT molecular complexity index is 156. The van der Waals surface area contributed by atoms with Crippen LogP contribution in [-0.2, 0) is 9.78 Å². The van der Waals surface area contributed by atoms with Crippen LogP contribution in [0.3, 0.4) is 0 Å². The maximum atomic E-state index is 5.45. The van der Waals surface area contributed by atoms with Crippen molar-refractivity contribution >= 4 is 0 Å². The van der Waals surface area contributed by atoms with Crippen LogP contribution < -0.4 is 0 Å². The van der Waals surface area contributed by atoms with Crippen molar-refractivity contribution in [2.75, 3.05) is 6.61 Å². The first-order chi connectivity index (χ1) is 6.77. The van der Waals surface area contributed by atoms with Gasteiger partial charge in [0.1, 0.15) is 0 Å². The average Bonchev–Trinajstić information content (AvgIpc) is 1.99. The maximum Gasteiger partial charge on any atom is 0.0985 e. The van der Waals surface area contributed by atoms with Crippen molar-refractivity contribution in [2.24, 2.45) is 5.41 Å². The standard InChI is InChI=1S/C13H28O2/c1-7-8-9-10-14-15-13(5,6)11-12(2,3)4/h7-11H2,1-6H3. The van der Waals surface area contributed by atoms with Crippen molar-refractivity contribution in [3.8, 4) is 0 Å². The molecule has 0 saturated heterocycles. The molecule has 0 aliphatic carbocycles. The second-order valence-corrected chi connectivity index (χ2v) is 6.11. The van der Waals surface area contributed by atoms with Crippen LogP contribution in [0.2, 0.25) is 0 Å². The summed E-state index contributed by atoms with van der Waals surface area (Å²) < 4.78 is 0. The van der Waals surface area contributed by atoms with E-state index in [0.29, 0.717) is 6.61 Å². The van der Waals surface area contributed by atoms with Gasteiger partial charge in [-0.1, -0.05) is 40.5 Å². The molecular formula is C13H28O2. The van der Waals surface area contributed by atoms with Crippen molar-refractivity contribution in [2.45, 2.75) is 72.8 Å². The molecule has 0 fully saturated rings. The summed E-state index contributed by atoms with van der Waals surface area (Å²) in [6, 6.07) is 0. The predicted molar refractivity (Wildman–Crippen MR) is 64.7 cm³/mol. The smallest absolute Gasteiger partial charge is 0.0985 e. The van der Waals surface area contributed by atoms with Gasteiger partial charge in [-0.15, -0.1) is 0 Å². The Balaban J connectivity index is 3.65. The van der Waals surface area contributed by atoms with Crippen LogP contribution in [0.4, 0.5) is 0 Å². The van der Waals surface area contributed by atoms with E-state index in [-0.39, 0.29) is 11.0 Å². The molecular weight excluding hydrogens is 188 g/mol. The maximum absolute atomic E-state index is 5.45. The molecule has 0 aliphatic rings.